The van der Waals surface area contributed by atoms with E-state index in [9.17, 15) is 0 Å². The van der Waals surface area contributed by atoms with Crippen molar-refractivity contribution in [3.63, 3.8) is 0 Å². The number of benzene rings is 22. The van der Waals surface area contributed by atoms with Gasteiger partial charge in [-0.1, -0.05) is 289 Å². The molecular formula is C140H106N6O4. The fourth-order valence-electron chi connectivity index (χ4n) is 24.3. The van der Waals surface area contributed by atoms with E-state index in [0.29, 0.717) is 0 Å². The molecule has 8 aromatic heterocycles. The Labute approximate surface area is 866 Å². The Morgan fingerprint density at radius 1 is 0.167 bits per heavy atom. The highest BCUT2D eigenvalue weighted by molar-refractivity contribution is 6.38. The van der Waals surface area contributed by atoms with Crippen LogP contribution in [-0.2, 0) is 21.7 Å². The summed E-state index contributed by atoms with van der Waals surface area (Å²) >= 11 is 0. The van der Waals surface area contributed by atoms with Gasteiger partial charge in [-0.2, -0.15) is 0 Å². The number of hydrogen-bond donors (Lipinski definition) is 0. The topological polar surface area (TPSA) is 74.3 Å². The normalized spacial score (nSPS) is 12.7. The predicted octanol–water partition coefficient (Wildman–Crippen LogP) is 41.0. The maximum absolute atomic E-state index is 6.77. The second-order valence-corrected chi connectivity index (χ2v) is 45.2. The second-order valence-electron chi connectivity index (χ2n) is 45.2. The number of hydrogen-bond acceptors (Lipinski definition) is 8. The Bertz CT molecular complexity index is 10700. The molecule has 10 heteroatoms. The molecule has 0 atom stereocenters. The van der Waals surface area contributed by atoms with Crippen LogP contribution in [0.15, 0.2) is 442 Å². The first-order valence-corrected chi connectivity index (χ1v) is 52.3. The van der Waals surface area contributed by atoms with Crippen LogP contribution in [0.5, 0.6) is 0 Å². The zero-order chi connectivity index (χ0) is 101. The van der Waals surface area contributed by atoms with Gasteiger partial charge in [-0.05, 0) is 305 Å². The minimum absolute atomic E-state index is 0.0494. The summed E-state index contributed by atoms with van der Waals surface area (Å²) in [5.74, 6) is 0. The van der Waals surface area contributed by atoms with E-state index in [-0.39, 0.29) is 21.7 Å². The van der Waals surface area contributed by atoms with Crippen molar-refractivity contribution < 1.29 is 17.7 Å². The van der Waals surface area contributed by atoms with E-state index in [1.54, 1.807) is 0 Å². The van der Waals surface area contributed by atoms with Gasteiger partial charge in [0.25, 0.3) is 0 Å². The molecule has 0 saturated carbocycles. The van der Waals surface area contributed by atoms with Gasteiger partial charge in [-0.15, -0.1) is 0 Å². The molecule has 30 rings (SSSR count). The third-order valence-electron chi connectivity index (χ3n) is 31.8. The van der Waals surface area contributed by atoms with Crippen molar-refractivity contribution in [1.82, 2.24) is 8.80 Å². The highest BCUT2D eigenvalue weighted by Crippen LogP contribution is 2.55. The zero-order valence-corrected chi connectivity index (χ0v) is 85.7. The first-order chi connectivity index (χ1) is 72.8. The molecule has 22 aromatic carbocycles. The lowest BCUT2D eigenvalue weighted by atomic mass is 9.86. The van der Waals surface area contributed by atoms with Crippen LogP contribution in [0, 0.1) is 0 Å². The maximum atomic E-state index is 6.77. The van der Waals surface area contributed by atoms with E-state index in [2.05, 4.69) is 512 Å². The summed E-state index contributed by atoms with van der Waals surface area (Å²) in [5, 5.41) is 28.0. The number of nitrogens with zero attached hydrogens (tertiary/aromatic N) is 6. The maximum Gasteiger partial charge on any atom is 0.159 e. The Kier molecular flexibility index (Phi) is 19.3. The minimum atomic E-state index is 0.0494. The molecule has 0 saturated heterocycles. The third-order valence-corrected chi connectivity index (χ3v) is 31.8. The molecule has 0 aliphatic rings. The van der Waals surface area contributed by atoms with Crippen molar-refractivity contribution in [2.75, 3.05) is 19.6 Å². The van der Waals surface area contributed by atoms with Crippen molar-refractivity contribution in [1.29, 1.82) is 0 Å². The summed E-state index contributed by atoms with van der Waals surface area (Å²) in [5.41, 5.74) is 32.5. The van der Waals surface area contributed by atoms with Crippen LogP contribution in [0.1, 0.15) is 105 Å². The summed E-state index contributed by atoms with van der Waals surface area (Å²) < 4.78 is 31.9. The minimum Gasteiger partial charge on any atom is -0.456 e. The van der Waals surface area contributed by atoms with Crippen molar-refractivity contribution >= 4 is 275 Å². The van der Waals surface area contributed by atoms with Gasteiger partial charge >= 0.3 is 0 Å². The second kappa shape index (κ2) is 32.7. The van der Waals surface area contributed by atoms with Crippen molar-refractivity contribution in [2.24, 2.45) is 0 Å². The molecule has 0 fully saturated rings. The average molecular weight is 1940 g/mol. The smallest absolute Gasteiger partial charge is 0.159 e. The van der Waals surface area contributed by atoms with Gasteiger partial charge in [-0.25, -0.2) is 0 Å². The van der Waals surface area contributed by atoms with Gasteiger partial charge < -0.3 is 46.1 Å². The van der Waals surface area contributed by atoms with E-state index < -0.39 is 0 Å². The van der Waals surface area contributed by atoms with E-state index >= 15 is 0 Å². The molecule has 10 nitrogen and oxygen atoms in total. The SMILES string of the molecule is CC(C)(C)c1ccc(N(c2ccc(C(C)(C)C)cc2)c2ccc3cc4c5cc6oc7ccccc7c6c6c7cc8ccc(N(c9ccc(C(C)(C)C)cc9)c9ccc(C(C)(C)C)cc9)cc8cc7n(c4cc3c2)c56)cc1.c1ccc(N(c2ccc3cc4c5cc6oc7ccccc7c6c6c7cc8ccc(N(c9ccccc9)c9cccc%10c9oc9ccccc9%10)cc8cc7n(c4cc3c2)c56)c2cccc3c2oc2ccccc23)cc1. The molecule has 0 amide bonds. The van der Waals surface area contributed by atoms with Crippen molar-refractivity contribution in [2.45, 2.75) is 105 Å². The molecule has 0 unspecified atom stereocenters. The number of aromatic nitrogens is 2. The number of rotatable bonds is 12. The van der Waals surface area contributed by atoms with Crippen LogP contribution >= 0.6 is 0 Å². The molecule has 150 heavy (non-hydrogen) atoms. The third kappa shape index (κ3) is 13.9. The highest BCUT2D eigenvalue weighted by Gasteiger charge is 2.32. The Balaban J connectivity index is 0.000000141. The first-order valence-electron chi connectivity index (χ1n) is 52.3. The van der Waals surface area contributed by atoms with Crippen LogP contribution in [0.4, 0.5) is 68.2 Å². The van der Waals surface area contributed by atoms with Gasteiger partial charge in [0.15, 0.2) is 11.2 Å². The molecular weight excluding hydrogens is 1830 g/mol. The van der Waals surface area contributed by atoms with E-state index in [0.717, 1.165) is 183 Å². The fourth-order valence-corrected chi connectivity index (χ4v) is 24.3. The van der Waals surface area contributed by atoms with Gasteiger partial charge in [0, 0.05) is 143 Å². The Morgan fingerprint density at radius 3 is 0.747 bits per heavy atom. The number of fused-ring (bicyclic) bond motifs is 30. The van der Waals surface area contributed by atoms with Crippen LogP contribution in [0.25, 0.3) is 207 Å². The summed E-state index contributed by atoms with van der Waals surface area (Å²) in [6.45, 7) is 27.4. The van der Waals surface area contributed by atoms with Gasteiger partial charge in [0.05, 0.1) is 44.5 Å². The summed E-state index contributed by atoms with van der Waals surface area (Å²) in [4.78, 5) is 9.48. The molecule has 0 radical (unpaired) electrons. The predicted molar refractivity (Wildman–Crippen MR) is 635 cm³/mol. The van der Waals surface area contributed by atoms with Crippen LogP contribution in [0.2, 0.25) is 0 Å². The number of furan rings is 4. The molecule has 0 aliphatic carbocycles. The molecule has 0 spiro atoms. The average Bonchev–Trinajstić information content (AvgIpc) is 1.52. The molecule has 720 valence electrons. The zero-order valence-electron chi connectivity index (χ0n) is 85.7. The lowest BCUT2D eigenvalue weighted by molar-refractivity contribution is 0.590. The molecule has 30 aromatic rings. The number of anilines is 12. The Hall–Kier alpha value is -18.1. The first kappa shape index (κ1) is 88.4. The van der Waals surface area contributed by atoms with Gasteiger partial charge in [0.2, 0.25) is 0 Å². The van der Waals surface area contributed by atoms with E-state index in [1.807, 2.05) is 24.3 Å². The largest absolute Gasteiger partial charge is 0.456 e. The van der Waals surface area contributed by atoms with Gasteiger partial charge in [-0.3, -0.25) is 0 Å². The number of para-hydroxylation sites is 8. The van der Waals surface area contributed by atoms with Gasteiger partial charge in [0.1, 0.15) is 33.5 Å². The molecule has 0 bridgehead atoms. The van der Waals surface area contributed by atoms with Crippen LogP contribution in [-0.4, -0.2) is 8.80 Å². The Morgan fingerprint density at radius 2 is 0.427 bits per heavy atom. The lowest BCUT2D eigenvalue weighted by Gasteiger charge is -2.28. The van der Waals surface area contributed by atoms with E-state index in [1.165, 1.54) is 114 Å². The van der Waals surface area contributed by atoms with Crippen LogP contribution in [0.3, 0.4) is 0 Å². The highest BCUT2D eigenvalue weighted by atomic mass is 16.3. The lowest BCUT2D eigenvalue weighted by Crippen LogP contribution is -2.14. The standard InChI is InChI=1S/C72H67N3O.C68H39N3O3/c1-69(2,3)48-19-29-52(30-20-48)73(53-31-21-49(22-32-53)70(4,5)6)56-27-17-44-39-59-60-43-65-66(58-15-13-14-16-64(58)76-65)67-61-40-45-18-28-57(38-47(45)42-63(61)75(68(60)67)62(59)41-46(44)37-56)74(54-33-23-50(24-34-54)71(7,8)9)55-35-25-51(26-36-55)72(10,11)12;1-3-15-44(16-4-1)69(56-24-13-22-50-48-19-7-10-26-60(48)73-67(50)56)46-31-29-40-35-53-54-39-63-64(52-21-9-12-28-62(52)72-63)65-55-36-41-30-32-47(34-43(41)38-59(55)71(66(54)65)58(53)37-42(40)33-46)70(45-17-5-2-6-18-45)57-25-14-23-51-49-20-8-11-27-61(49)74-68(51)57/h13-43H,1-12H3;1-39H. The van der Waals surface area contributed by atoms with Crippen LogP contribution < -0.4 is 19.6 Å². The monoisotopic (exact) mass is 1930 g/mol. The summed E-state index contributed by atoms with van der Waals surface area (Å²) in [6, 6.07) is 156. The summed E-state index contributed by atoms with van der Waals surface area (Å²) in [6.07, 6.45) is 0. The molecule has 0 N–H and O–H groups in total. The quantitative estimate of drug-likeness (QED) is 0.120. The molecule has 8 heterocycles. The summed E-state index contributed by atoms with van der Waals surface area (Å²) in [7, 11) is 0. The van der Waals surface area contributed by atoms with E-state index in [4.69, 9.17) is 17.7 Å². The fraction of sp³-hybridized carbons (Fsp3) is 0.114. The van der Waals surface area contributed by atoms with Crippen molar-refractivity contribution in [3.8, 4) is 0 Å². The molecule has 0 aliphatic heterocycles. The van der Waals surface area contributed by atoms with Crippen molar-refractivity contribution in [3.05, 3.63) is 447 Å².